The lowest BCUT2D eigenvalue weighted by atomic mass is 10.1. The van der Waals surface area contributed by atoms with Crippen LogP contribution >= 0.6 is 0 Å². The molecule has 0 spiro atoms. The highest BCUT2D eigenvalue weighted by molar-refractivity contribution is 7.89. The van der Waals surface area contributed by atoms with Gasteiger partial charge in [-0.2, -0.15) is 0 Å². The highest BCUT2D eigenvalue weighted by atomic mass is 32.2. The second-order valence-corrected chi connectivity index (χ2v) is 6.77. The van der Waals surface area contributed by atoms with Crippen LogP contribution in [0, 0.1) is 6.07 Å². The zero-order valence-electron chi connectivity index (χ0n) is 12.0. The third-order valence-corrected chi connectivity index (χ3v) is 5.05. The molecule has 0 aliphatic rings. The van der Waals surface area contributed by atoms with Gasteiger partial charge >= 0.3 is 0 Å². The molecule has 0 amide bonds. The lowest BCUT2D eigenvalue weighted by molar-refractivity contribution is 0.582. The molecule has 0 fully saturated rings. The monoisotopic (exact) mass is 310 g/mol. The Kier molecular flexibility index (Phi) is 4.22. The summed E-state index contributed by atoms with van der Waals surface area (Å²) in [4.78, 5) is 0.326. The van der Waals surface area contributed by atoms with Gasteiger partial charge in [0.25, 0.3) is 0 Å². The van der Waals surface area contributed by atoms with Crippen LogP contribution in [0.15, 0.2) is 71.6 Å². The Balaban J connectivity index is 1.80. The lowest BCUT2D eigenvalue weighted by Gasteiger charge is -2.09. The first kappa shape index (κ1) is 14.8. The highest BCUT2D eigenvalue weighted by Gasteiger charge is 2.16. The highest BCUT2D eigenvalue weighted by Crippen LogP contribution is 2.22. The van der Waals surface area contributed by atoms with Crippen molar-refractivity contribution in [2.24, 2.45) is 0 Å². The standard InChI is InChI=1S/C18H16NO2S/c20-22(21,19-14-13-15-7-2-1-3-8-15)18-12-6-10-16-9-4-5-11-17(16)18/h2-12,19H,13-14H2. The van der Waals surface area contributed by atoms with Crippen molar-refractivity contribution in [2.75, 3.05) is 6.54 Å². The van der Waals surface area contributed by atoms with Crippen molar-refractivity contribution in [1.82, 2.24) is 4.72 Å². The van der Waals surface area contributed by atoms with E-state index >= 15 is 0 Å². The Bertz CT molecular complexity index is 868. The molecule has 0 aromatic heterocycles. The zero-order valence-corrected chi connectivity index (χ0v) is 12.8. The minimum atomic E-state index is -3.51. The van der Waals surface area contributed by atoms with Crippen LogP contribution in [0.4, 0.5) is 0 Å². The molecule has 1 N–H and O–H groups in total. The van der Waals surface area contributed by atoms with E-state index in [1.165, 1.54) is 0 Å². The van der Waals surface area contributed by atoms with Gasteiger partial charge in [0.1, 0.15) is 0 Å². The summed E-state index contributed by atoms with van der Waals surface area (Å²) < 4.78 is 27.7. The Morgan fingerprint density at radius 2 is 1.64 bits per heavy atom. The summed E-state index contributed by atoms with van der Waals surface area (Å²) in [5.41, 5.74) is 1.08. The first-order valence-corrected chi connectivity index (χ1v) is 8.57. The van der Waals surface area contributed by atoms with Crippen LogP contribution in [0.3, 0.4) is 0 Å². The molecule has 0 aliphatic carbocycles. The Hall–Kier alpha value is -2.17. The third-order valence-electron chi connectivity index (χ3n) is 3.53. The van der Waals surface area contributed by atoms with Crippen molar-refractivity contribution >= 4 is 20.8 Å². The number of hydrogen-bond acceptors (Lipinski definition) is 2. The van der Waals surface area contributed by atoms with Gasteiger partial charge in [-0.25, -0.2) is 13.1 Å². The van der Waals surface area contributed by atoms with Crippen molar-refractivity contribution in [3.05, 3.63) is 78.4 Å². The van der Waals surface area contributed by atoms with E-state index in [0.717, 1.165) is 16.3 Å². The molecule has 0 atom stereocenters. The minimum Gasteiger partial charge on any atom is -0.211 e. The van der Waals surface area contributed by atoms with E-state index in [1.54, 1.807) is 12.1 Å². The van der Waals surface area contributed by atoms with E-state index < -0.39 is 10.0 Å². The summed E-state index contributed by atoms with van der Waals surface area (Å²) in [5, 5.41) is 1.66. The first-order chi connectivity index (χ1) is 10.7. The molecule has 0 heterocycles. The van der Waals surface area contributed by atoms with Crippen LogP contribution in [0.5, 0.6) is 0 Å². The molecule has 0 saturated heterocycles. The summed E-state index contributed by atoms with van der Waals surface area (Å²) in [5.74, 6) is 0. The summed E-state index contributed by atoms with van der Waals surface area (Å²) in [6.07, 6.45) is 0.651. The topological polar surface area (TPSA) is 46.2 Å². The quantitative estimate of drug-likeness (QED) is 0.787. The molecule has 4 heteroatoms. The fourth-order valence-electron chi connectivity index (χ4n) is 2.43. The minimum absolute atomic E-state index is 0.326. The molecular weight excluding hydrogens is 294 g/mol. The number of hydrogen-bond donors (Lipinski definition) is 1. The van der Waals surface area contributed by atoms with Crippen LogP contribution in [0.2, 0.25) is 0 Å². The fraction of sp³-hybridized carbons (Fsp3) is 0.111. The number of sulfonamides is 1. The molecule has 0 unspecified atom stereocenters. The smallest absolute Gasteiger partial charge is 0.211 e. The molecular formula is C18H16NO2S. The SMILES string of the molecule is O=S(=O)(NCCc1cc[c]cc1)c1cccc2ccccc12. The van der Waals surface area contributed by atoms with Crippen LogP contribution < -0.4 is 4.72 Å². The average molecular weight is 310 g/mol. The number of rotatable bonds is 5. The molecule has 0 bridgehead atoms. The van der Waals surface area contributed by atoms with E-state index in [4.69, 9.17) is 0 Å². The summed E-state index contributed by atoms with van der Waals surface area (Å²) >= 11 is 0. The molecule has 22 heavy (non-hydrogen) atoms. The van der Waals surface area contributed by atoms with Crippen molar-refractivity contribution in [2.45, 2.75) is 11.3 Å². The Morgan fingerprint density at radius 1 is 0.909 bits per heavy atom. The van der Waals surface area contributed by atoms with Gasteiger partial charge in [0, 0.05) is 11.9 Å². The van der Waals surface area contributed by atoms with Gasteiger partial charge in [0.15, 0.2) is 0 Å². The van der Waals surface area contributed by atoms with Gasteiger partial charge in [0.2, 0.25) is 10.0 Å². The second-order valence-electron chi connectivity index (χ2n) is 5.03. The van der Waals surface area contributed by atoms with Crippen LogP contribution in [0.25, 0.3) is 10.8 Å². The van der Waals surface area contributed by atoms with Gasteiger partial charge in [-0.3, -0.25) is 0 Å². The Labute approximate surface area is 130 Å². The third kappa shape index (κ3) is 3.18. The molecule has 0 saturated carbocycles. The summed E-state index contributed by atoms with van der Waals surface area (Å²) in [7, 11) is -3.51. The maximum Gasteiger partial charge on any atom is 0.241 e. The largest absolute Gasteiger partial charge is 0.241 e. The normalized spacial score (nSPS) is 11.6. The summed E-state index contributed by atoms with van der Waals surface area (Å²) in [6, 6.07) is 23.3. The van der Waals surface area contributed by atoms with Gasteiger partial charge in [-0.1, -0.05) is 60.7 Å². The van der Waals surface area contributed by atoms with Crippen LogP contribution in [-0.2, 0) is 16.4 Å². The van der Waals surface area contributed by atoms with Gasteiger partial charge < -0.3 is 0 Å². The van der Waals surface area contributed by atoms with E-state index in [1.807, 2.05) is 54.6 Å². The molecule has 3 rings (SSSR count). The first-order valence-electron chi connectivity index (χ1n) is 7.09. The van der Waals surface area contributed by atoms with Crippen molar-refractivity contribution in [3.8, 4) is 0 Å². The predicted octanol–water partition coefficient (Wildman–Crippen LogP) is 3.16. The van der Waals surface area contributed by atoms with Crippen molar-refractivity contribution < 1.29 is 8.42 Å². The van der Waals surface area contributed by atoms with E-state index in [-0.39, 0.29) is 0 Å². The van der Waals surface area contributed by atoms with E-state index in [2.05, 4.69) is 10.8 Å². The van der Waals surface area contributed by atoms with Gasteiger partial charge in [-0.15, -0.1) is 0 Å². The molecule has 1 radical (unpaired) electrons. The number of fused-ring (bicyclic) bond motifs is 1. The maximum atomic E-state index is 12.5. The van der Waals surface area contributed by atoms with Gasteiger partial charge in [0.05, 0.1) is 4.90 Å². The molecule has 3 nitrogen and oxygen atoms in total. The summed E-state index contributed by atoms with van der Waals surface area (Å²) in [6.45, 7) is 0.371. The average Bonchev–Trinajstić information content (AvgIpc) is 2.55. The van der Waals surface area contributed by atoms with Crippen molar-refractivity contribution in [1.29, 1.82) is 0 Å². The number of nitrogens with one attached hydrogen (secondary N) is 1. The second kappa shape index (κ2) is 6.30. The number of benzene rings is 3. The molecule has 0 aliphatic heterocycles. The molecule has 3 aromatic carbocycles. The molecule has 111 valence electrons. The lowest BCUT2D eigenvalue weighted by Crippen LogP contribution is -2.26. The van der Waals surface area contributed by atoms with Crippen LogP contribution in [-0.4, -0.2) is 15.0 Å². The van der Waals surface area contributed by atoms with Crippen LogP contribution in [0.1, 0.15) is 5.56 Å². The Morgan fingerprint density at radius 3 is 2.45 bits per heavy atom. The van der Waals surface area contributed by atoms with Gasteiger partial charge in [-0.05, 0) is 29.5 Å². The zero-order chi connectivity index (χ0) is 15.4. The van der Waals surface area contributed by atoms with E-state index in [9.17, 15) is 8.42 Å². The van der Waals surface area contributed by atoms with Crippen molar-refractivity contribution in [3.63, 3.8) is 0 Å². The van der Waals surface area contributed by atoms with E-state index in [0.29, 0.717) is 17.9 Å². The maximum absolute atomic E-state index is 12.5. The predicted molar refractivity (Wildman–Crippen MR) is 88.1 cm³/mol. The molecule has 3 aromatic rings. The fourth-order valence-corrected chi connectivity index (χ4v) is 3.69.